The summed E-state index contributed by atoms with van der Waals surface area (Å²) in [5.74, 6) is -1.29. The van der Waals surface area contributed by atoms with Crippen molar-refractivity contribution >= 4 is 46.5 Å². The fraction of sp³-hybridized carbons (Fsp3) is 0.348. The van der Waals surface area contributed by atoms with Crippen LogP contribution in [0.25, 0.3) is 0 Å². The van der Waals surface area contributed by atoms with Gasteiger partial charge in [0.05, 0.1) is 16.7 Å². The third kappa shape index (κ3) is 3.26. The van der Waals surface area contributed by atoms with Gasteiger partial charge in [0, 0.05) is 35.8 Å². The number of carbonyl (C=O) groups is 3. The Morgan fingerprint density at radius 3 is 2.67 bits per heavy atom. The zero-order valence-corrected chi connectivity index (χ0v) is 18.4. The van der Waals surface area contributed by atoms with Gasteiger partial charge in [-0.2, -0.15) is 0 Å². The average molecular weight is 469 g/mol. The number of nitrogens with one attached hydrogen (secondary N) is 1. The Kier molecular flexibility index (Phi) is 5.08. The summed E-state index contributed by atoms with van der Waals surface area (Å²) in [6.45, 7) is 0.614. The van der Waals surface area contributed by atoms with Gasteiger partial charge in [-0.1, -0.05) is 30.5 Å². The van der Waals surface area contributed by atoms with E-state index in [0.717, 1.165) is 29.8 Å². The van der Waals surface area contributed by atoms with Gasteiger partial charge in [-0.3, -0.25) is 25.0 Å². The van der Waals surface area contributed by atoms with Crippen LogP contribution in [0.2, 0.25) is 5.02 Å². The zero-order valence-electron chi connectivity index (χ0n) is 17.6. The fourth-order valence-corrected chi connectivity index (χ4v) is 5.57. The molecule has 1 N–H and O–H groups in total. The summed E-state index contributed by atoms with van der Waals surface area (Å²) < 4.78 is 0. The molecule has 2 fully saturated rings. The molecule has 2 saturated heterocycles. The molecule has 0 aromatic heterocycles. The topological polar surface area (TPSA) is 113 Å². The minimum atomic E-state index is -1.59. The lowest BCUT2D eigenvalue weighted by molar-refractivity contribution is -0.384. The van der Waals surface area contributed by atoms with E-state index in [-0.39, 0.29) is 17.8 Å². The third-order valence-corrected chi connectivity index (χ3v) is 7.09. The van der Waals surface area contributed by atoms with Crippen LogP contribution >= 0.6 is 11.6 Å². The Morgan fingerprint density at radius 1 is 1.09 bits per heavy atom. The number of fused-ring (bicyclic) bond motifs is 4. The van der Waals surface area contributed by atoms with Crippen LogP contribution in [-0.4, -0.2) is 35.4 Å². The molecule has 0 saturated carbocycles. The van der Waals surface area contributed by atoms with Crippen LogP contribution in [0.3, 0.4) is 0 Å². The Hall–Kier alpha value is -3.46. The van der Waals surface area contributed by atoms with Gasteiger partial charge in [0.2, 0.25) is 5.91 Å². The first-order chi connectivity index (χ1) is 15.8. The van der Waals surface area contributed by atoms with Crippen LogP contribution in [0.1, 0.15) is 31.2 Å². The van der Waals surface area contributed by atoms with Crippen molar-refractivity contribution in [3.05, 3.63) is 63.2 Å². The molecule has 2 aromatic rings. The van der Waals surface area contributed by atoms with Crippen molar-refractivity contribution in [2.45, 2.75) is 38.1 Å². The van der Waals surface area contributed by atoms with Crippen molar-refractivity contribution in [2.75, 3.05) is 16.3 Å². The molecule has 3 aliphatic heterocycles. The second kappa shape index (κ2) is 7.84. The van der Waals surface area contributed by atoms with Gasteiger partial charge in [-0.05, 0) is 42.7 Å². The Labute approximate surface area is 194 Å². The summed E-state index contributed by atoms with van der Waals surface area (Å²) >= 11 is 6.10. The van der Waals surface area contributed by atoms with Crippen LogP contribution < -0.4 is 15.1 Å². The van der Waals surface area contributed by atoms with Crippen LogP contribution in [0.4, 0.5) is 21.9 Å². The molecule has 3 aliphatic rings. The molecule has 0 bridgehead atoms. The molecule has 170 valence electrons. The largest absolute Gasteiger partial charge is 0.367 e. The van der Waals surface area contributed by atoms with Crippen molar-refractivity contribution in [3.8, 4) is 0 Å². The normalized spacial score (nSPS) is 24.8. The quantitative estimate of drug-likeness (QED) is 0.407. The number of nitro benzene ring substituents is 1. The van der Waals surface area contributed by atoms with E-state index in [0.29, 0.717) is 23.6 Å². The molecule has 4 amide bonds. The number of rotatable bonds is 2. The molecule has 9 nitrogen and oxygen atoms in total. The van der Waals surface area contributed by atoms with Crippen molar-refractivity contribution in [1.29, 1.82) is 0 Å². The van der Waals surface area contributed by atoms with E-state index in [1.807, 2.05) is 4.90 Å². The van der Waals surface area contributed by atoms with Gasteiger partial charge in [0.15, 0.2) is 5.41 Å². The maximum atomic E-state index is 14.1. The lowest BCUT2D eigenvalue weighted by Gasteiger charge is -2.51. The first-order valence-corrected chi connectivity index (χ1v) is 11.2. The van der Waals surface area contributed by atoms with Crippen molar-refractivity contribution in [1.82, 2.24) is 5.32 Å². The monoisotopic (exact) mass is 468 g/mol. The first-order valence-electron chi connectivity index (χ1n) is 10.8. The van der Waals surface area contributed by atoms with Crippen LogP contribution in [0.5, 0.6) is 0 Å². The smallest absolute Gasteiger partial charge is 0.335 e. The maximum Gasteiger partial charge on any atom is 0.335 e. The van der Waals surface area contributed by atoms with E-state index in [9.17, 15) is 24.5 Å². The Morgan fingerprint density at radius 2 is 1.91 bits per heavy atom. The summed E-state index contributed by atoms with van der Waals surface area (Å²) in [6.07, 6.45) is 3.21. The molecule has 2 atom stereocenters. The number of nitro groups is 1. The number of hydrogen-bond acceptors (Lipinski definition) is 6. The lowest BCUT2D eigenvalue weighted by Crippen LogP contribution is -2.72. The number of amides is 4. The number of nitrogens with zero attached hydrogens (tertiary/aromatic N) is 3. The van der Waals surface area contributed by atoms with Crippen LogP contribution in [-0.2, 0) is 16.0 Å². The van der Waals surface area contributed by atoms with Gasteiger partial charge in [-0.15, -0.1) is 0 Å². The highest BCUT2D eigenvalue weighted by Gasteiger charge is 2.62. The molecule has 0 aliphatic carbocycles. The molecular formula is C23H21ClN4O5. The van der Waals surface area contributed by atoms with Crippen molar-refractivity contribution in [2.24, 2.45) is 5.41 Å². The third-order valence-electron chi connectivity index (χ3n) is 6.85. The van der Waals surface area contributed by atoms with E-state index >= 15 is 0 Å². The van der Waals surface area contributed by atoms with Gasteiger partial charge >= 0.3 is 6.03 Å². The summed E-state index contributed by atoms with van der Waals surface area (Å²) in [5, 5.41) is 14.1. The lowest BCUT2D eigenvalue weighted by atomic mass is 9.67. The number of urea groups is 1. The number of carbonyl (C=O) groups excluding carboxylic acids is 3. The van der Waals surface area contributed by atoms with Crippen molar-refractivity contribution in [3.63, 3.8) is 0 Å². The Balaban J connectivity index is 1.69. The molecule has 1 spiro atoms. The van der Waals surface area contributed by atoms with E-state index in [4.69, 9.17) is 11.6 Å². The summed E-state index contributed by atoms with van der Waals surface area (Å²) in [7, 11) is 0. The fourth-order valence-electron chi connectivity index (χ4n) is 5.39. The molecule has 10 heteroatoms. The highest BCUT2D eigenvalue weighted by atomic mass is 35.5. The molecule has 33 heavy (non-hydrogen) atoms. The molecule has 3 heterocycles. The SMILES string of the molecule is O=C1NC(=O)[C@]2(Cc3cc([N+](=O)[O-])ccc3N3CCCCC[C@H]32)C(=O)N1c1cccc(Cl)c1. The first kappa shape index (κ1) is 21.4. The minimum Gasteiger partial charge on any atom is -0.367 e. The molecule has 5 rings (SSSR count). The number of anilines is 2. The van der Waals surface area contributed by atoms with Crippen LogP contribution in [0, 0.1) is 15.5 Å². The number of imide groups is 2. The number of benzene rings is 2. The standard InChI is InChI=1S/C23H21ClN4O5/c24-15-5-4-6-16(12-15)27-21(30)23(20(29)25-22(27)31)13-14-11-17(28(32)33)8-9-18(14)26-10-3-1-2-7-19(23)26/h4-6,8-9,11-12,19H,1-3,7,10,13H2,(H,25,29,31)/t19-,23+/m0/s1. The van der Waals surface area contributed by atoms with E-state index in [1.165, 1.54) is 18.2 Å². The predicted molar refractivity (Wildman–Crippen MR) is 121 cm³/mol. The molecule has 2 aromatic carbocycles. The minimum absolute atomic E-state index is 0.0276. The van der Waals surface area contributed by atoms with E-state index in [2.05, 4.69) is 5.32 Å². The zero-order chi connectivity index (χ0) is 23.3. The second-order valence-electron chi connectivity index (χ2n) is 8.66. The van der Waals surface area contributed by atoms with E-state index < -0.39 is 34.2 Å². The maximum absolute atomic E-state index is 14.1. The second-order valence-corrected chi connectivity index (χ2v) is 9.09. The summed E-state index contributed by atoms with van der Waals surface area (Å²) in [5.41, 5.74) is -0.0929. The average Bonchev–Trinajstić information content (AvgIpc) is 3.04. The summed E-state index contributed by atoms with van der Waals surface area (Å²) in [4.78, 5) is 54.3. The van der Waals surface area contributed by atoms with Gasteiger partial charge < -0.3 is 4.90 Å². The van der Waals surface area contributed by atoms with Gasteiger partial charge in [-0.25, -0.2) is 9.69 Å². The number of halogens is 1. The van der Waals surface area contributed by atoms with Gasteiger partial charge in [0.1, 0.15) is 0 Å². The number of non-ortho nitro benzene ring substituents is 1. The summed E-state index contributed by atoms with van der Waals surface area (Å²) in [6, 6.07) is 9.60. The molecule has 0 unspecified atom stereocenters. The molecular weight excluding hydrogens is 448 g/mol. The highest BCUT2D eigenvalue weighted by Crippen LogP contribution is 2.48. The number of barbiturate groups is 1. The Bertz CT molecular complexity index is 1200. The number of hydrogen-bond donors (Lipinski definition) is 1. The predicted octanol–water partition coefficient (Wildman–Crippen LogP) is 3.82. The van der Waals surface area contributed by atoms with Gasteiger partial charge in [0.25, 0.3) is 11.6 Å². The molecule has 0 radical (unpaired) electrons. The highest BCUT2D eigenvalue weighted by molar-refractivity contribution is 6.33. The van der Waals surface area contributed by atoms with Crippen LogP contribution in [0.15, 0.2) is 42.5 Å². The van der Waals surface area contributed by atoms with Crippen molar-refractivity contribution < 1.29 is 19.3 Å². The van der Waals surface area contributed by atoms with E-state index in [1.54, 1.807) is 24.3 Å².